The van der Waals surface area contributed by atoms with Crippen molar-refractivity contribution in [3.8, 4) is 28.7 Å². The molecule has 0 bridgehead atoms. The SMILES string of the molecule is COc1cc2c(cc1O)OC[C@H]1Oc3c(ccc4c3C=CC(C)(C)O4)C(=O)[C@@H]21. The number of Topliss-reactive ketones (excluding diaryl/α,β-unsaturated/α-hetero) is 1. The lowest BCUT2D eigenvalue weighted by Crippen LogP contribution is -2.43. The smallest absolute Gasteiger partial charge is 0.178 e. The van der Waals surface area contributed by atoms with E-state index in [1.54, 1.807) is 12.1 Å². The third kappa shape index (κ3) is 2.37. The van der Waals surface area contributed by atoms with E-state index in [0.29, 0.717) is 34.1 Å². The summed E-state index contributed by atoms with van der Waals surface area (Å²) in [6.07, 6.45) is 3.44. The van der Waals surface area contributed by atoms with Crippen LogP contribution in [0.2, 0.25) is 0 Å². The minimum Gasteiger partial charge on any atom is -0.504 e. The number of carbonyl (C=O) groups is 1. The predicted octanol–water partition coefficient (Wildman–Crippen LogP) is 3.70. The van der Waals surface area contributed by atoms with Gasteiger partial charge in [-0.2, -0.15) is 0 Å². The van der Waals surface area contributed by atoms with Crippen LogP contribution in [-0.4, -0.2) is 36.3 Å². The van der Waals surface area contributed by atoms with E-state index in [2.05, 4.69) is 0 Å². The van der Waals surface area contributed by atoms with Gasteiger partial charge in [-0.15, -0.1) is 0 Å². The lowest BCUT2D eigenvalue weighted by molar-refractivity contribution is 0.0552. The Kier molecular flexibility index (Phi) is 3.44. The summed E-state index contributed by atoms with van der Waals surface area (Å²) in [5.41, 5.74) is 1.55. The maximum absolute atomic E-state index is 13.4. The molecule has 0 aliphatic carbocycles. The van der Waals surface area contributed by atoms with Crippen LogP contribution in [0.5, 0.6) is 28.7 Å². The monoisotopic (exact) mass is 380 g/mol. The highest BCUT2D eigenvalue weighted by atomic mass is 16.5. The standard InChI is InChI=1S/C22H20O6/c1-22(2)7-6-11-15(28-22)5-4-12-20(24)19-13-8-17(25-3)14(23)9-16(13)26-10-18(19)27-21(11)12/h4-9,18-19,23H,10H2,1-3H3/t18-,19+/m1/s1. The third-order valence-corrected chi connectivity index (χ3v) is 5.42. The molecule has 2 atom stereocenters. The van der Waals surface area contributed by atoms with Gasteiger partial charge in [-0.3, -0.25) is 4.79 Å². The summed E-state index contributed by atoms with van der Waals surface area (Å²) in [4.78, 5) is 13.4. The molecule has 3 aliphatic heterocycles. The molecule has 0 aromatic heterocycles. The average molecular weight is 380 g/mol. The van der Waals surface area contributed by atoms with Crippen molar-refractivity contribution < 1.29 is 28.8 Å². The Balaban J connectivity index is 1.62. The molecule has 6 nitrogen and oxygen atoms in total. The fourth-order valence-corrected chi connectivity index (χ4v) is 4.05. The molecular formula is C22H20O6. The molecule has 2 aromatic carbocycles. The van der Waals surface area contributed by atoms with E-state index in [1.165, 1.54) is 13.2 Å². The third-order valence-electron chi connectivity index (χ3n) is 5.42. The zero-order valence-corrected chi connectivity index (χ0v) is 15.8. The molecule has 1 N–H and O–H groups in total. The molecule has 144 valence electrons. The zero-order valence-electron chi connectivity index (χ0n) is 15.8. The molecule has 0 radical (unpaired) electrons. The Morgan fingerprint density at radius 3 is 2.82 bits per heavy atom. The summed E-state index contributed by atoms with van der Waals surface area (Å²) >= 11 is 0. The molecule has 5 rings (SSSR count). The van der Waals surface area contributed by atoms with Gasteiger partial charge in [0.15, 0.2) is 17.3 Å². The van der Waals surface area contributed by atoms with Gasteiger partial charge in [-0.1, -0.05) is 0 Å². The number of ether oxygens (including phenoxy) is 4. The molecule has 3 heterocycles. The van der Waals surface area contributed by atoms with Gasteiger partial charge >= 0.3 is 0 Å². The quantitative estimate of drug-likeness (QED) is 0.813. The molecular weight excluding hydrogens is 360 g/mol. The van der Waals surface area contributed by atoms with Crippen molar-refractivity contribution in [1.82, 2.24) is 0 Å². The fourth-order valence-electron chi connectivity index (χ4n) is 4.05. The number of ketones is 1. The Labute approximate surface area is 162 Å². The number of rotatable bonds is 1. The van der Waals surface area contributed by atoms with E-state index in [1.807, 2.05) is 32.1 Å². The van der Waals surface area contributed by atoms with Crippen molar-refractivity contribution in [2.45, 2.75) is 31.5 Å². The van der Waals surface area contributed by atoms with Crippen LogP contribution < -0.4 is 18.9 Å². The molecule has 2 aromatic rings. The zero-order chi connectivity index (χ0) is 19.6. The van der Waals surface area contributed by atoms with Crippen LogP contribution in [-0.2, 0) is 0 Å². The number of phenolic OH excluding ortho intramolecular Hbond substituents is 1. The van der Waals surface area contributed by atoms with Crippen LogP contribution in [0.15, 0.2) is 30.3 Å². The predicted molar refractivity (Wildman–Crippen MR) is 102 cm³/mol. The summed E-state index contributed by atoms with van der Waals surface area (Å²) < 4.78 is 23.2. The van der Waals surface area contributed by atoms with E-state index >= 15 is 0 Å². The van der Waals surface area contributed by atoms with Gasteiger partial charge < -0.3 is 24.1 Å². The lowest BCUT2D eigenvalue weighted by Gasteiger charge is -2.38. The molecule has 0 fully saturated rings. The molecule has 0 spiro atoms. The number of phenols is 1. The molecule has 0 amide bonds. The molecule has 6 heteroatoms. The maximum atomic E-state index is 13.4. The van der Waals surface area contributed by atoms with Crippen molar-refractivity contribution >= 4 is 11.9 Å². The molecule has 3 aliphatic rings. The molecule has 0 unspecified atom stereocenters. The number of carbonyl (C=O) groups excluding carboxylic acids is 1. The first kappa shape index (κ1) is 17.0. The van der Waals surface area contributed by atoms with E-state index in [-0.39, 0.29) is 18.1 Å². The van der Waals surface area contributed by atoms with Crippen molar-refractivity contribution in [3.05, 3.63) is 47.0 Å². The number of hydrogen-bond donors (Lipinski definition) is 1. The van der Waals surface area contributed by atoms with Gasteiger partial charge in [-0.05, 0) is 44.2 Å². The highest BCUT2D eigenvalue weighted by Gasteiger charge is 2.44. The number of methoxy groups -OCH3 is 1. The lowest BCUT2D eigenvalue weighted by atomic mass is 9.81. The normalized spacial score (nSPS) is 23.2. The van der Waals surface area contributed by atoms with Crippen LogP contribution in [0.4, 0.5) is 0 Å². The van der Waals surface area contributed by atoms with Gasteiger partial charge in [-0.25, -0.2) is 0 Å². The van der Waals surface area contributed by atoms with Gasteiger partial charge in [0.1, 0.15) is 35.6 Å². The van der Waals surface area contributed by atoms with Crippen LogP contribution >= 0.6 is 0 Å². The first-order chi connectivity index (χ1) is 13.4. The molecule has 28 heavy (non-hydrogen) atoms. The van der Waals surface area contributed by atoms with Crippen LogP contribution in [0.25, 0.3) is 6.08 Å². The van der Waals surface area contributed by atoms with E-state index in [0.717, 1.165) is 5.56 Å². The van der Waals surface area contributed by atoms with E-state index in [9.17, 15) is 9.90 Å². The van der Waals surface area contributed by atoms with Gasteiger partial charge in [0.2, 0.25) is 0 Å². The fraction of sp³-hybridized carbons (Fsp3) is 0.318. The highest BCUT2D eigenvalue weighted by Crippen LogP contribution is 2.49. The summed E-state index contributed by atoms with van der Waals surface area (Å²) in [6, 6.07) is 6.71. The minimum absolute atomic E-state index is 0.0248. The Morgan fingerprint density at radius 2 is 2.04 bits per heavy atom. The number of hydrogen-bond acceptors (Lipinski definition) is 6. The first-order valence-electron chi connectivity index (χ1n) is 9.18. The molecule has 0 saturated carbocycles. The first-order valence-corrected chi connectivity index (χ1v) is 9.18. The number of fused-ring (bicyclic) bond motifs is 6. The van der Waals surface area contributed by atoms with Crippen molar-refractivity contribution in [3.63, 3.8) is 0 Å². The Bertz CT molecular complexity index is 1040. The van der Waals surface area contributed by atoms with Crippen molar-refractivity contribution in [2.75, 3.05) is 13.7 Å². The number of aromatic hydroxyl groups is 1. The van der Waals surface area contributed by atoms with Crippen molar-refractivity contribution in [1.29, 1.82) is 0 Å². The largest absolute Gasteiger partial charge is 0.504 e. The van der Waals surface area contributed by atoms with Crippen LogP contribution in [0.3, 0.4) is 0 Å². The summed E-state index contributed by atoms with van der Waals surface area (Å²) in [5.74, 6) is 1.42. The summed E-state index contributed by atoms with van der Waals surface area (Å²) in [5, 5.41) is 10.0. The van der Waals surface area contributed by atoms with Crippen LogP contribution in [0.1, 0.15) is 41.3 Å². The van der Waals surface area contributed by atoms with Crippen LogP contribution in [0, 0.1) is 0 Å². The van der Waals surface area contributed by atoms with Gasteiger partial charge in [0, 0.05) is 11.6 Å². The minimum atomic E-state index is -0.520. The Hall–Kier alpha value is -3.15. The van der Waals surface area contributed by atoms with Crippen molar-refractivity contribution in [2.24, 2.45) is 0 Å². The topological polar surface area (TPSA) is 74.2 Å². The maximum Gasteiger partial charge on any atom is 0.178 e. The highest BCUT2D eigenvalue weighted by molar-refractivity contribution is 6.06. The second kappa shape index (κ2) is 5.67. The summed E-state index contributed by atoms with van der Waals surface area (Å²) in [7, 11) is 1.47. The van der Waals surface area contributed by atoms with E-state index < -0.39 is 17.6 Å². The van der Waals surface area contributed by atoms with E-state index in [4.69, 9.17) is 18.9 Å². The molecule has 0 saturated heterocycles. The average Bonchev–Trinajstić information content (AvgIpc) is 2.66. The van der Waals surface area contributed by atoms with Gasteiger partial charge in [0.25, 0.3) is 0 Å². The second-order valence-corrected chi connectivity index (χ2v) is 7.76. The second-order valence-electron chi connectivity index (χ2n) is 7.76. The Morgan fingerprint density at radius 1 is 1.21 bits per heavy atom. The number of benzene rings is 2. The van der Waals surface area contributed by atoms with Gasteiger partial charge in [0.05, 0.1) is 24.2 Å². The summed E-state index contributed by atoms with van der Waals surface area (Å²) in [6.45, 7) is 4.17.